The van der Waals surface area contributed by atoms with E-state index in [-0.39, 0.29) is 11.2 Å². The van der Waals surface area contributed by atoms with Crippen LogP contribution in [0.25, 0.3) is 0 Å². The van der Waals surface area contributed by atoms with Gasteiger partial charge in [0, 0.05) is 0 Å². The molecule has 0 bridgehead atoms. The van der Waals surface area contributed by atoms with E-state index in [1.165, 1.54) is 0 Å². The fourth-order valence-electron chi connectivity index (χ4n) is 2.27. The van der Waals surface area contributed by atoms with Gasteiger partial charge in [-0.1, -0.05) is 31.0 Å². The van der Waals surface area contributed by atoms with Crippen molar-refractivity contribution in [3.05, 3.63) is 0 Å². The number of nitrogens with two attached hydrogens (primary N) is 1. The second-order valence-corrected chi connectivity index (χ2v) is 6.54. The third kappa shape index (κ3) is 2.34. The first-order valence-corrected chi connectivity index (χ1v) is 8.36. The standard InChI is InChI=1S/C9H16N4O3S2/c1-17-8-11-18(15,16)13(9(14)12(8)10)7-5-3-2-4-6-7/h7H,2-6,10H2,1H3. The van der Waals surface area contributed by atoms with Crippen molar-refractivity contribution in [3.8, 4) is 0 Å². The van der Waals surface area contributed by atoms with E-state index in [9.17, 15) is 13.2 Å². The van der Waals surface area contributed by atoms with Gasteiger partial charge in [0.1, 0.15) is 0 Å². The number of carbonyl (C=O) groups is 1. The molecule has 1 aliphatic carbocycles. The normalized spacial score (nSPS) is 25.2. The molecule has 2 rings (SSSR count). The van der Waals surface area contributed by atoms with E-state index >= 15 is 0 Å². The Kier molecular flexibility index (Phi) is 3.83. The molecule has 0 unspecified atom stereocenters. The van der Waals surface area contributed by atoms with Crippen LogP contribution in [0.4, 0.5) is 4.79 Å². The van der Waals surface area contributed by atoms with Gasteiger partial charge in [-0.2, -0.15) is 12.7 Å². The molecule has 1 heterocycles. The molecule has 1 aliphatic heterocycles. The molecule has 1 fully saturated rings. The quantitative estimate of drug-likeness (QED) is 0.572. The van der Waals surface area contributed by atoms with E-state index in [0.717, 1.165) is 40.3 Å². The molecule has 0 aromatic carbocycles. The summed E-state index contributed by atoms with van der Waals surface area (Å²) >= 11 is 1.03. The van der Waals surface area contributed by atoms with Crippen molar-refractivity contribution in [1.29, 1.82) is 0 Å². The highest BCUT2D eigenvalue weighted by Crippen LogP contribution is 2.28. The maximum Gasteiger partial charge on any atom is 0.356 e. The highest BCUT2D eigenvalue weighted by atomic mass is 32.2. The second-order valence-electron chi connectivity index (χ2n) is 4.30. The van der Waals surface area contributed by atoms with Gasteiger partial charge in [0.05, 0.1) is 6.04 Å². The maximum atomic E-state index is 12.1. The Morgan fingerprint density at radius 1 is 1.33 bits per heavy atom. The zero-order chi connectivity index (χ0) is 13.3. The molecule has 18 heavy (non-hydrogen) atoms. The highest BCUT2D eigenvalue weighted by Gasteiger charge is 2.42. The molecule has 1 saturated carbocycles. The van der Waals surface area contributed by atoms with Crippen molar-refractivity contribution in [1.82, 2.24) is 9.31 Å². The monoisotopic (exact) mass is 292 g/mol. The van der Waals surface area contributed by atoms with Crippen molar-refractivity contribution in [2.24, 2.45) is 10.2 Å². The average molecular weight is 292 g/mol. The molecule has 0 radical (unpaired) electrons. The first kappa shape index (κ1) is 13.6. The third-order valence-electron chi connectivity index (χ3n) is 3.13. The summed E-state index contributed by atoms with van der Waals surface area (Å²) in [5.74, 6) is 5.58. The van der Waals surface area contributed by atoms with Gasteiger partial charge in [-0.25, -0.2) is 15.6 Å². The van der Waals surface area contributed by atoms with E-state index in [2.05, 4.69) is 4.40 Å². The number of rotatable bonds is 1. The Hall–Kier alpha value is -0.800. The number of hydrazine groups is 1. The number of thioether (sulfide) groups is 1. The summed E-state index contributed by atoms with van der Waals surface area (Å²) in [7, 11) is -3.94. The fraction of sp³-hybridized carbons (Fsp3) is 0.778. The zero-order valence-electron chi connectivity index (χ0n) is 10.1. The summed E-state index contributed by atoms with van der Waals surface area (Å²) in [5, 5.41) is 0.812. The minimum Gasteiger partial charge on any atom is -0.245 e. The van der Waals surface area contributed by atoms with Crippen LogP contribution in [0.1, 0.15) is 32.1 Å². The Balaban J connectivity index is 2.35. The van der Waals surface area contributed by atoms with Crippen LogP contribution in [0.2, 0.25) is 0 Å². The number of amidine groups is 1. The predicted octanol–water partition coefficient (Wildman–Crippen LogP) is 0.894. The van der Waals surface area contributed by atoms with E-state index in [1.54, 1.807) is 6.26 Å². The van der Waals surface area contributed by atoms with Crippen molar-refractivity contribution >= 4 is 33.2 Å². The van der Waals surface area contributed by atoms with Gasteiger partial charge in [-0.15, -0.1) is 4.40 Å². The maximum absolute atomic E-state index is 12.1. The number of hydrogen-bond donors (Lipinski definition) is 1. The zero-order valence-corrected chi connectivity index (χ0v) is 11.7. The Bertz CT molecular complexity index is 470. The molecular weight excluding hydrogens is 276 g/mol. The smallest absolute Gasteiger partial charge is 0.245 e. The SMILES string of the molecule is CSC1=NS(=O)(=O)N(C2CCCCC2)C(=O)N1N. The first-order valence-electron chi connectivity index (χ1n) is 5.74. The van der Waals surface area contributed by atoms with Gasteiger partial charge >= 0.3 is 16.2 Å². The van der Waals surface area contributed by atoms with Crippen LogP contribution >= 0.6 is 11.8 Å². The van der Waals surface area contributed by atoms with Crippen LogP contribution in [0, 0.1) is 0 Å². The van der Waals surface area contributed by atoms with Gasteiger partial charge in [-0.3, -0.25) is 0 Å². The molecule has 2 aliphatic rings. The lowest BCUT2D eigenvalue weighted by molar-refractivity contribution is 0.178. The molecule has 2 amide bonds. The summed E-state index contributed by atoms with van der Waals surface area (Å²) in [4.78, 5) is 12.1. The Labute approximate surface area is 111 Å². The van der Waals surface area contributed by atoms with Crippen LogP contribution in [0.5, 0.6) is 0 Å². The number of hydrogen-bond acceptors (Lipinski definition) is 5. The van der Waals surface area contributed by atoms with Gasteiger partial charge in [-0.05, 0) is 19.1 Å². The summed E-state index contributed by atoms with van der Waals surface area (Å²) in [6, 6.07) is -1.02. The summed E-state index contributed by atoms with van der Waals surface area (Å²) in [6.45, 7) is 0. The summed E-state index contributed by atoms with van der Waals surface area (Å²) in [6.07, 6.45) is 5.91. The summed E-state index contributed by atoms with van der Waals surface area (Å²) < 4.78 is 28.5. The van der Waals surface area contributed by atoms with Gasteiger partial charge in [0.15, 0.2) is 0 Å². The molecule has 0 saturated heterocycles. The number of carbonyl (C=O) groups excluding carboxylic acids is 1. The van der Waals surface area contributed by atoms with Gasteiger partial charge in [0.2, 0.25) is 5.17 Å². The largest absolute Gasteiger partial charge is 0.356 e. The molecule has 102 valence electrons. The number of amides is 2. The lowest BCUT2D eigenvalue weighted by atomic mass is 9.96. The second kappa shape index (κ2) is 5.06. The van der Waals surface area contributed by atoms with Crippen molar-refractivity contribution in [3.63, 3.8) is 0 Å². The lowest BCUT2D eigenvalue weighted by Gasteiger charge is -2.36. The molecule has 7 nitrogen and oxygen atoms in total. The van der Waals surface area contributed by atoms with Gasteiger partial charge < -0.3 is 0 Å². The third-order valence-corrected chi connectivity index (χ3v) is 5.26. The summed E-state index contributed by atoms with van der Waals surface area (Å²) in [5.41, 5.74) is 0. The van der Waals surface area contributed by atoms with E-state index in [1.807, 2.05) is 0 Å². The molecular formula is C9H16N4O3S2. The van der Waals surface area contributed by atoms with Crippen LogP contribution in [0.3, 0.4) is 0 Å². The van der Waals surface area contributed by atoms with E-state index in [4.69, 9.17) is 5.84 Å². The number of urea groups is 1. The Morgan fingerprint density at radius 3 is 2.50 bits per heavy atom. The van der Waals surface area contributed by atoms with Crippen LogP contribution in [-0.4, -0.2) is 41.2 Å². The molecule has 0 aromatic heterocycles. The average Bonchev–Trinajstić information content (AvgIpc) is 2.35. The van der Waals surface area contributed by atoms with Crippen LogP contribution in [-0.2, 0) is 10.2 Å². The van der Waals surface area contributed by atoms with Crippen molar-refractivity contribution in [2.45, 2.75) is 38.1 Å². The molecule has 2 N–H and O–H groups in total. The lowest BCUT2D eigenvalue weighted by Crippen LogP contribution is -2.58. The minimum absolute atomic E-state index is 0.00654. The van der Waals surface area contributed by atoms with E-state index < -0.39 is 16.2 Å². The highest BCUT2D eigenvalue weighted by molar-refractivity contribution is 8.13. The molecule has 9 heteroatoms. The molecule has 0 spiro atoms. The van der Waals surface area contributed by atoms with E-state index in [0.29, 0.717) is 12.8 Å². The minimum atomic E-state index is -3.94. The molecule has 0 aromatic rings. The van der Waals surface area contributed by atoms with Crippen molar-refractivity contribution < 1.29 is 13.2 Å². The molecule has 0 atom stereocenters. The van der Waals surface area contributed by atoms with Crippen LogP contribution < -0.4 is 5.84 Å². The Morgan fingerprint density at radius 2 is 1.94 bits per heavy atom. The first-order chi connectivity index (χ1) is 8.47. The predicted molar refractivity (Wildman–Crippen MR) is 70.0 cm³/mol. The fourth-order valence-corrected chi connectivity index (χ4v) is 4.37. The van der Waals surface area contributed by atoms with Crippen LogP contribution in [0.15, 0.2) is 4.40 Å². The number of nitrogens with zero attached hydrogens (tertiary/aromatic N) is 3. The topological polar surface area (TPSA) is 96.1 Å². The van der Waals surface area contributed by atoms with Gasteiger partial charge in [0.25, 0.3) is 0 Å². The van der Waals surface area contributed by atoms with Crippen molar-refractivity contribution in [2.75, 3.05) is 6.26 Å².